The Kier molecular flexibility index (Phi) is 3.48. The van der Waals surface area contributed by atoms with Crippen molar-refractivity contribution in [3.05, 3.63) is 33.4 Å². The Bertz CT molecular complexity index is 634. The van der Waals surface area contributed by atoms with Crippen LogP contribution in [0.1, 0.15) is 36.1 Å². The topological polar surface area (TPSA) is 24.9 Å². The van der Waals surface area contributed by atoms with E-state index in [1.165, 1.54) is 47.2 Å². The molecule has 0 spiro atoms. The Hall–Kier alpha value is -1.09. The summed E-state index contributed by atoms with van der Waals surface area (Å²) in [6, 6.07) is 4.36. The van der Waals surface area contributed by atoms with Crippen molar-refractivity contribution in [3.8, 4) is 0 Å². The van der Waals surface area contributed by atoms with Gasteiger partial charge in [0.15, 0.2) is 0 Å². The van der Waals surface area contributed by atoms with Crippen LogP contribution < -0.4 is 5.32 Å². The van der Waals surface area contributed by atoms with Gasteiger partial charge in [0.2, 0.25) is 0 Å². The number of hydrogen-bond acceptors (Lipinski definition) is 2. The summed E-state index contributed by atoms with van der Waals surface area (Å²) >= 11 is 3.70. The molecule has 0 saturated heterocycles. The molecule has 0 radical (unpaired) electrons. The first-order chi connectivity index (χ1) is 9.22. The zero-order chi connectivity index (χ0) is 13.4. The van der Waals surface area contributed by atoms with E-state index < -0.39 is 0 Å². The minimum absolute atomic E-state index is 1.10. The molecule has 0 saturated carbocycles. The number of aryl methyl sites for hydroxylation is 2. The predicted octanol–water partition coefficient (Wildman–Crippen LogP) is 4.62. The van der Waals surface area contributed by atoms with E-state index in [1.54, 1.807) is 0 Å². The standard InChI is InChI=1S/C16H19BrN2/c1-10-8-9-12-15(18-2)11-6-4-3-5-7-13(11)19-16(12)14(10)17/h8-9H,3-7H2,1-2H3,(H,18,19). The van der Waals surface area contributed by atoms with Gasteiger partial charge in [-0.1, -0.05) is 18.6 Å². The molecular formula is C16H19BrN2. The molecule has 0 bridgehead atoms. The Balaban J connectivity index is 2.36. The van der Waals surface area contributed by atoms with Crippen molar-refractivity contribution < 1.29 is 0 Å². The van der Waals surface area contributed by atoms with E-state index in [4.69, 9.17) is 4.98 Å². The number of rotatable bonds is 1. The summed E-state index contributed by atoms with van der Waals surface area (Å²) in [4.78, 5) is 4.96. The highest BCUT2D eigenvalue weighted by atomic mass is 79.9. The molecule has 3 rings (SSSR count). The number of pyridine rings is 1. The van der Waals surface area contributed by atoms with E-state index in [9.17, 15) is 0 Å². The Morgan fingerprint density at radius 1 is 1.16 bits per heavy atom. The molecule has 1 N–H and O–H groups in total. The first-order valence-electron chi connectivity index (χ1n) is 7.00. The number of fused-ring (bicyclic) bond motifs is 2. The number of halogens is 1. The summed E-state index contributed by atoms with van der Waals surface area (Å²) < 4.78 is 1.13. The average molecular weight is 319 g/mol. The van der Waals surface area contributed by atoms with Gasteiger partial charge in [-0.25, -0.2) is 0 Å². The molecule has 1 aliphatic rings. The van der Waals surface area contributed by atoms with Crippen LogP contribution in [0.4, 0.5) is 5.69 Å². The molecule has 1 aromatic carbocycles. The first-order valence-corrected chi connectivity index (χ1v) is 7.80. The second kappa shape index (κ2) is 5.12. The van der Waals surface area contributed by atoms with Crippen LogP contribution in [0.15, 0.2) is 16.6 Å². The Labute approximate surface area is 122 Å². The highest BCUT2D eigenvalue weighted by Gasteiger charge is 2.17. The van der Waals surface area contributed by atoms with Gasteiger partial charge < -0.3 is 5.32 Å². The number of hydrogen-bond donors (Lipinski definition) is 1. The van der Waals surface area contributed by atoms with Gasteiger partial charge >= 0.3 is 0 Å². The van der Waals surface area contributed by atoms with Gasteiger partial charge in [0, 0.05) is 28.3 Å². The highest BCUT2D eigenvalue weighted by Crippen LogP contribution is 2.36. The SMILES string of the molecule is CNc1c2c(nc3c(Br)c(C)ccc13)CCCCC2. The fourth-order valence-electron chi connectivity index (χ4n) is 3.02. The molecule has 0 aliphatic heterocycles. The number of nitrogens with zero attached hydrogens (tertiary/aromatic N) is 1. The largest absolute Gasteiger partial charge is 0.387 e. The molecule has 0 unspecified atom stereocenters. The van der Waals surface area contributed by atoms with E-state index in [0.717, 1.165) is 22.8 Å². The van der Waals surface area contributed by atoms with Crippen LogP contribution in [0.25, 0.3) is 10.9 Å². The van der Waals surface area contributed by atoms with Crippen molar-refractivity contribution >= 4 is 32.5 Å². The summed E-state index contributed by atoms with van der Waals surface area (Å²) in [5, 5.41) is 4.65. The molecule has 100 valence electrons. The van der Waals surface area contributed by atoms with E-state index in [0.29, 0.717) is 0 Å². The maximum atomic E-state index is 4.96. The van der Waals surface area contributed by atoms with E-state index in [-0.39, 0.29) is 0 Å². The third-order valence-electron chi connectivity index (χ3n) is 4.07. The molecule has 1 aliphatic carbocycles. The van der Waals surface area contributed by atoms with Crippen LogP contribution in [0.2, 0.25) is 0 Å². The normalized spacial score (nSPS) is 15.1. The monoisotopic (exact) mass is 318 g/mol. The van der Waals surface area contributed by atoms with Crippen molar-refractivity contribution in [2.75, 3.05) is 12.4 Å². The van der Waals surface area contributed by atoms with Crippen LogP contribution in [-0.2, 0) is 12.8 Å². The summed E-state index contributed by atoms with van der Waals surface area (Å²) in [5.74, 6) is 0. The second-order valence-electron chi connectivity index (χ2n) is 5.32. The highest BCUT2D eigenvalue weighted by molar-refractivity contribution is 9.10. The first kappa shape index (κ1) is 12.9. The van der Waals surface area contributed by atoms with Gasteiger partial charge in [-0.05, 0) is 59.7 Å². The van der Waals surface area contributed by atoms with Crippen molar-refractivity contribution in [1.29, 1.82) is 0 Å². The number of anilines is 1. The lowest BCUT2D eigenvalue weighted by Crippen LogP contribution is -2.04. The molecule has 1 aromatic heterocycles. The van der Waals surface area contributed by atoms with E-state index in [2.05, 4.69) is 40.3 Å². The third-order valence-corrected chi connectivity index (χ3v) is 5.07. The summed E-state index contributed by atoms with van der Waals surface area (Å²) in [6.07, 6.45) is 6.12. The molecule has 2 aromatic rings. The Morgan fingerprint density at radius 2 is 1.95 bits per heavy atom. The van der Waals surface area contributed by atoms with Gasteiger partial charge in [0.25, 0.3) is 0 Å². The lowest BCUT2D eigenvalue weighted by Gasteiger charge is -2.16. The predicted molar refractivity (Wildman–Crippen MR) is 85.0 cm³/mol. The minimum atomic E-state index is 1.10. The summed E-state index contributed by atoms with van der Waals surface area (Å²) in [5.41, 5.74) is 6.35. The molecular weight excluding hydrogens is 300 g/mol. The van der Waals surface area contributed by atoms with Crippen LogP contribution in [-0.4, -0.2) is 12.0 Å². The van der Waals surface area contributed by atoms with Crippen molar-refractivity contribution in [1.82, 2.24) is 4.98 Å². The quantitative estimate of drug-likeness (QED) is 0.776. The van der Waals surface area contributed by atoms with Gasteiger partial charge in [0.1, 0.15) is 0 Å². The number of benzene rings is 1. The molecule has 1 heterocycles. The summed E-state index contributed by atoms with van der Waals surface area (Å²) in [7, 11) is 2.02. The van der Waals surface area contributed by atoms with E-state index >= 15 is 0 Å². The average Bonchev–Trinajstić information content (AvgIpc) is 2.66. The van der Waals surface area contributed by atoms with Crippen LogP contribution >= 0.6 is 15.9 Å². The molecule has 19 heavy (non-hydrogen) atoms. The zero-order valence-electron chi connectivity index (χ0n) is 11.5. The number of nitrogens with one attached hydrogen (secondary N) is 1. The lowest BCUT2D eigenvalue weighted by atomic mass is 10.0. The fraction of sp³-hybridized carbons (Fsp3) is 0.438. The smallest absolute Gasteiger partial charge is 0.0870 e. The van der Waals surface area contributed by atoms with Crippen molar-refractivity contribution in [2.45, 2.75) is 39.0 Å². The van der Waals surface area contributed by atoms with Gasteiger partial charge in [-0.2, -0.15) is 0 Å². The number of aromatic nitrogens is 1. The zero-order valence-corrected chi connectivity index (χ0v) is 13.1. The van der Waals surface area contributed by atoms with E-state index in [1.807, 2.05) is 7.05 Å². The van der Waals surface area contributed by atoms with Crippen molar-refractivity contribution in [2.24, 2.45) is 0 Å². The van der Waals surface area contributed by atoms with Crippen LogP contribution in [0, 0.1) is 6.92 Å². The van der Waals surface area contributed by atoms with Crippen LogP contribution in [0.3, 0.4) is 0 Å². The van der Waals surface area contributed by atoms with Gasteiger partial charge in [0.05, 0.1) is 5.52 Å². The third kappa shape index (κ3) is 2.14. The molecule has 0 atom stereocenters. The molecule has 0 amide bonds. The molecule has 2 nitrogen and oxygen atoms in total. The minimum Gasteiger partial charge on any atom is -0.387 e. The van der Waals surface area contributed by atoms with Gasteiger partial charge in [-0.3, -0.25) is 4.98 Å². The van der Waals surface area contributed by atoms with Crippen LogP contribution in [0.5, 0.6) is 0 Å². The summed E-state index contributed by atoms with van der Waals surface area (Å²) in [6.45, 7) is 2.12. The van der Waals surface area contributed by atoms with Gasteiger partial charge in [-0.15, -0.1) is 0 Å². The second-order valence-corrected chi connectivity index (χ2v) is 6.11. The fourth-order valence-corrected chi connectivity index (χ4v) is 3.45. The maximum Gasteiger partial charge on any atom is 0.0870 e. The lowest BCUT2D eigenvalue weighted by molar-refractivity contribution is 0.709. The van der Waals surface area contributed by atoms with Crippen molar-refractivity contribution in [3.63, 3.8) is 0 Å². The Morgan fingerprint density at radius 3 is 2.74 bits per heavy atom. The molecule has 3 heteroatoms. The molecule has 0 fully saturated rings. The maximum absolute atomic E-state index is 4.96.